The van der Waals surface area contributed by atoms with Crippen molar-refractivity contribution in [3.8, 4) is 5.75 Å². The van der Waals surface area contributed by atoms with Gasteiger partial charge in [-0.25, -0.2) is 8.78 Å². The zero-order chi connectivity index (χ0) is 14.0. The Labute approximate surface area is 118 Å². The maximum atomic E-state index is 13.9. The average Bonchev–Trinajstić information content (AvgIpc) is 2.40. The van der Waals surface area contributed by atoms with Crippen molar-refractivity contribution >= 4 is 15.9 Å². The number of rotatable bonds is 3. The summed E-state index contributed by atoms with van der Waals surface area (Å²) in [6, 6.07) is 7.82. The molecule has 0 saturated carbocycles. The van der Waals surface area contributed by atoms with Gasteiger partial charge in [0.05, 0.1) is 18.7 Å². The first-order valence-corrected chi connectivity index (χ1v) is 6.37. The van der Waals surface area contributed by atoms with E-state index in [4.69, 9.17) is 10.5 Å². The van der Waals surface area contributed by atoms with Gasteiger partial charge in [-0.15, -0.1) is 0 Å². The highest BCUT2D eigenvalue weighted by molar-refractivity contribution is 9.10. The molecular weight excluding hydrogens is 316 g/mol. The minimum atomic E-state index is -0.936. The molecule has 0 radical (unpaired) electrons. The Balaban J connectivity index is 2.55. The van der Waals surface area contributed by atoms with Crippen molar-refractivity contribution < 1.29 is 13.5 Å². The molecule has 0 spiro atoms. The fraction of sp³-hybridized carbons (Fsp3) is 0.143. The fourth-order valence-corrected chi connectivity index (χ4v) is 2.28. The van der Waals surface area contributed by atoms with Crippen LogP contribution >= 0.6 is 15.9 Å². The van der Waals surface area contributed by atoms with Crippen LogP contribution < -0.4 is 10.5 Å². The van der Waals surface area contributed by atoms with Gasteiger partial charge in [-0.05, 0) is 30.3 Å². The van der Waals surface area contributed by atoms with Gasteiger partial charge in [-0.2, -0.15) is 0 Å². The number of ether oxygens (including phenoxy) is 1. The molecule has 100 valence electrons. The van der Waals surface area contributed by atoms with Crippen LogP contribution in [0.1, 0.15) is 17.2 Å². The molecular formula is C14H12BrF2NO. The number of halogens is 3. The lowest BCUT2D eigenvalue weighted by molar-refractivity contribution is 0.401. The van der Waals surface area contributed by atoms with Crippen LogP contribution in [0, 0.1) is 11.6 Å². The van der Waals surface area contributed by atoms with Crippen LogP contribution in [0.15, 0.2) is 40.9 Å². The summed E-state index contributed by atoms with van der Waals surface area (Å²) in [6.45, 7) is 0. The van der Waals surface area contributed by atoms with Gasteiger partial charge in [0.15, 0.2) is 0 Å². The summed E-state index contributed by atoms with van der Waals surface area (Å²) >= 11 is 3.24. The summed E-state index contributed by atoms with van der Waals surface area (Å²) < 4.78 is 33.5. The van der Waals surface area contributed by atoms with Crippen molar-refractivity contribution in [3.63, 3.8) is 0 Å². The van der Waals surface area contributed by atoms with Gasteiger partial charge >= 0.3 is 0 Å². The lowest BCUT2D eigenvalue weighted by Crippen LogP contribution is -2.16. The van der Waals surface area contributed by atoms with Crippen molar-refractivity contribution in [2.45, 2.75) is 6.04 Å². The molecule has 0 amide bonds. The molecule has 19 heavy (non-hydrogen) atoms. The van der Waals surface area contributed by atoms with E-state index in [0.29, 0.717) is 10.2 Å². The number of hydrogen-bond acceptors (Lipinski definition) is 2. The van der Waals surface area contributed by atoms with Gasteiger partial charge < -0.3 is 10.5 Å². The summed E-state index contributed by atoms with van der Waals surface area (Å²) in [5.41, 5.74) is 6.33. The molecule has 5 heteroatoms. The topological polar surface area (TPSA) is 35.2 Å². The lowest BCUT2D eigenvalue weighted by atomic mass is 9.97. The number of hydrogen-bond donors (Lipinski definition) is 1. The van der Waals surface area contributed by atoms with Crippen molar-refractivity contribution in [2.24, 2.45) is 5.73 Å². The third kappa shape index (κ3) is 2.77. The zero-order valence-electron chi connectivity index (χ0n) is 10.2. The predicted molar refractivity (Wildman–Crippen MR) is 73.1 cm³/mol. The summed E-state index contributed by atoms with van der Waals surface area (Å²) in [5.74, 6) is -0.709. The molecule has 2 rings (SSSR count). The van der Waals surface area contributed by atoms with Gasteiger partial charge in [0.2, 0.25) is 0 Å². The second kappa shape index (κ2) is 5.67. The SMILES string of the molecule is COc1cccc(F)c1C(N)c1cc(Br)ccc1F. The van der Waals surface area contributed by atoms with E-state index in [0.717, 1.165) is 0 Å². The van der Waals surface area contributed by atoms with Crippen LogP contribution in [-0.4, -0.2) is 7.11 Å². The Morgan fingerprint density at radius 2 is 1.89 bits per heavy atom. The van der Waals surface area contributed by atoms with E-state index in [2.05, 4.69) is 15.9 Å². The van der Waals surface area contributed by atoms with Gasteiger partial charge in [-0.1, -0.05) is 22.0 Å². The average molecular weight is 328 g/mol. The summed E-state index contributed by atoms with van der Waals surface area (Å²) in [5, 5.41) is 0. The predicted octanol–water partition coefficient (Wildman–Crippen LogP) is 3.78. The lowest BCUT2D eigenvalue weighted by Gasteiger charge is -2.17. The Morgan fingerprint density at radius 1 is 1.16 bits per heavy atom. The summed E-state index contributed by atoms with van der Waals surface area (Å²) in [6.07, 6.45) is 0. The van der Waals surface area contributed by atoms with E-state index in [1.54, 1.807) is 12.1 Å². The Morgan fingerprint density at radius 3 is 2.58 bits per heavy atom. The van der Waals surface area contributed by atoms with Crippen molar-refractivity contribution in [1.29, 1.82) is 0 Å². The van der Waals surface area contributed by atoms with Crippen LogP contribution in [0.2, 0.25) is 0 Å². The molecule has 0 bridgehead atoms. The molecule has 2 nitrogen and oxygen atoms in total. The largest absolute Gasteiger partial charge is 0.496 e. The highest BCUT2D eigenvalue weighted by Crippen LogP contribution is 2.32. The molecule has 2 N–H and O–H groups in total. The van der Waals surface area contributed by atoms with Crippen molar-refractivity contribution in [1.82, 2.24) is 0 Å². The third-order valence-electron chi connectivity index (χ3n) is 2.84. The van der Waals surface area contributed by atoms with Crippen LogP contribution in [-0.2, 0) is 0 Å². The van der Waals surface area contributed by atoms with E-state index in [1.165, 1.54) is 31.4 Å². The number of methoxy groups -OCH3 is 1. The Hall–Kier alpha value is -1.46. The van der Waals surface area contributed by atoms with E-state index >= 15 is 0 Å². The maximum absolute atomic E-state index is 13.9. The van der Waals surface area contributed by atoms with Gasteiger partial charge in [-0.3, -0.25) is 0 Å². The Bertz CT molecular complexity index is 604. The minimum absolute atomic E-state index is 0.141. The first-order chi connectivity index (χ1) is 9.04. The quantitative estimate of drug-likeness (QED) is 0.931. The smallest absolute Gasteiger partial charge is 0.132 e. The van der Waals surface area contributed by atoms with E-state index in [-0.39, 0.29) is 11.1 Å². The maximum Gasteiger partial charge on any atom is 0.132 e. The normalized spacial score (nSPS) is 12.3. The second-order valence-corrected chi connectivity index (χ2v) is 4.91. The molecule has 0 fully saturated rings. The molecule has 1 atom stereocenters. The first kappa shape index (κ1) is 14.0. The zero-order valence-corrected chi connectivity index (χ0v) is 11.7. The van der Waals surface area contributed by atoms with Crippen LogP contribution in [0.4, 0.5) is 8.78 Å². The highest BCUT2D eigenvalue weighted by Gasteiger charge is 2.21. The first-order valence-electron chi connectivity index (χ1n) is 5.57. The van der Waals surface area contributed by atoms with Crippen LogP contribution in [0.3, 0.4) is 0 Å². The van der Waals surface area contributed by atoms with E-state index in [1.807, 2.05) is 0 Å². The summed E-state index contributed by atoms with van der Waals surface area (Å²) in [4.78, 5) is 0. The molecule has 1 unspecified atom stereocenters. The molecule has 0 aliphatic heterocycles. The van der Waals surface area contributed by atoms with Crippen LogP contribution in [0.5, 0.6) is 5.75 Å². The second-order valence-electron chi connectivity index (χ2n) is 4.00. The third-order valence-corrected chi connectivity index (χ3v) is 3.33. The molecule has 0 saturated heterocycles. The number of benzene rings is 2. The molecule has 2 aromatic carbocycles. The van der Waals surface area contributed by atoms with Crippen LogP contribution in [0.25, 0.3) is 0 Å². The van der Waals surface area contributed by atoms with Gasteiger partial charge in [0.1, 0.15) is 17.4 Å². The van der Waals surface area contributed by atoms with Gasteiger partial charge in [0, 0.05) is 10.0 Å². The Kier molecular flexibility index (Phi) is 4.17. The highest BCUT2D eigenvalue weighted by atomic mass is 79.9. The molecule has 0 aromatic heterocycles. The summed E-state index contributed by atoms with van der Waals surface area (Å²) in [7, 11) is 1.42. The standard InChI is InChI=1S/C14H12BrF2NO/c1-19-12-4-2-3-11(17)13(12)14(18)9-7-8(15)5-6-10(9)16/h2-7,14H,18H2,1H3. The molecule has 0 aliphatic carbocycles. The van der Waals surface area contributed by atoms with Crippen molar-refractivity contribution in [3.05, 3.63) is 63.6 Å². The molecule has 0 heterocycles. The molecule has 0 aliphatic rings. The van der Waals surface area contributed by atoms with Gasteiger partial charge in [0.25, 0.3) is 0 Å². The van der Waals surface area contributed by atoms with E-state index in [9.17, 15) is 8.78 Å². The van der Waals surface area contributed by atoms with Crippen molar-refractivity contribution in [2.75, 3.05) is 7.11 Å². The molecule has 2 aromatic rings. The monoisotopic (exact) mass is 327 g/mol. The van der Waals surface area contributed by atoms with E-state index < -0.39 is 17.7 Å². The number of nitrogens with two attached hydrogens (primary N) is 1. The minimum Gasteiger partial charge on any atom is -0.496 e. The fourth-order valence-electron chi connectivity index (χ4n) is 1.91.